The molecule has 1 unspecified atom stereocenters. The maximum Gasteiger partial charge on any atom is 0.305 e. The van der Waals surface area contributed by atoms with Crippen LogP contribution in [-0.4, -0.2) is 34.5 Å². The van der Waals surface area contributed by atoms with Crippen LogP contribution in [0.25, 0.3) is 0 Å². The van der Waals surface area contributed by atoms with Crippen molar-refractivity contribution in [2.45, 2.75) is 32.2 Å². The zero-order chi connectivity index (χ0) is 9.14. The third kappa shape index (κ3) is 3.22. The van der Waals surface area contributed by atoms with Crippen molar-refractivity contribution in [1.82, 2.24) is 4.90 Å². The lowest BCUT2D eigenvalue weighted by Gasteiger charge is -2.21. The fourth-order valence-corrected chi connectivity index (χ4v) is 1.66. The Kier molecular flexibility index (Phi) is 4.77. The molecule has 1 rings (SSSR count). The van der Waals surface area contributed by atoms with Crippen LogP contribution >= 0.6 is 12.4 Å². The first-order valence-corrected chi connectivity index (χ1v) is 4.10. The van der Waals surface area contributed by atoms with Gasteiger partial charge in [0.25, 0.3) is 0 Å². The molecule has 13 heavy (non-hydrogen) atoms. The van der Waals surface area contributed by atoms with Gasteiger partial charge >= 0.3 is 5.97 Å². The summed E-state index contributed by atoms with van der Waals surface area (Å²) in [6.07, 6.45) is 1.84. The molecule has 1 atom stereocenters. The van der Waals surface area contributed by atoms with Gasteiger partial charge in [-0.2, -0.15) is 0 Å². The Morgan fingerprint density at radius 3 is 2.62 bits per heavy atom. The molecule has 0 spiro atoms. The van der Waals surface area contributed by atoms with E-state index in [1.54, 1.807) is 4.90 Å². The van der Waals surface area contributed by atoms with Crippen molar-refractivity contribution < 1.29 is 14.7 Å². The Hall–Kier alpha value is -0.770. The molecule has 0 aliphatic carbocycles. The normalized spacial score (nSPS) is 21.0. The Morgan fingerprint density at radius 2 is 2.15 bits per heavy atom. The summed E-state index contributed by atoms with van der Waals surface area (Å²) in [4.78, 5) is 23.0. The van der Waals surface area contributed by atoms with Crippen molar-refractivity contribution in [2.75, 3.05) is 6.54 Å². The Balaban J connectivity index is 0.00000144. The molecule has 0 bridgehead atoms. The van der Waals surface area contributed by atoms with Gasteiger partial charge in [0.1, 0.15) is 0 Å². The number of hydrogen-bond acceptors (Lipinski definition) is 2. The number of carboxylic acid groups (broad SMARTS) is 1. The molecule has 1 saturated heterocycles. The molecule has 0 aromatic carbocycles. The van der Waals surface area contributed by atoms with E-state index >= 15 is 0 Å². The highest BCUT2D eigenvalue weighted by atomic mass is 35.5. The van der Waals surface area contributed by atoms with Gasteiger partial charge in [-0.25, -0.2) is 0 Å². The van der Waals surface area contributed by atoms with Gasteiger partial charge < -0.3 is 10.0 Å². The second-order valence-corrected chi connectivity index (χ2v) is 3.11. The molecule has 0 aromatic rings. The summed E-state index contributed by atoms with van der Waals surface area (Å²) in [6, 6.07) is -0.0694. The molecule has 1 N–H and O–H groups in total. The second kappa shape index (κ2) is 5.07. The van der Waals surface area contributed by atoms with E-state index in [1.165, 1.54) is 6.92 Å². The molecule has 1 aliphatic rings. The number of halogens is 1. The van der Waals surface area contributed by atoms with Crippen molar-refractivity contribution in [3.8, 4) is 0 Å². The minimum Gasteiger partial charge on any atom is -0.481 e. The van der Waals surface area contributed by atoms with Gasteiger partial charge in [-0.1, -0.05) is 0 Å². The lowest BCUT2D eigenvalue weighted by Crippen LogP contribution is -2.35. The number of rotatable bonds is 2. The molecule has 1 amide bonds. The Bertz CT molecular complexity index is 208. The lowest BCUT2D eigenvalue weighted by molar-refractivity contribution is -0.139. The van der Waals surface area contributed by atoms with Crippen LogP contribution in [0, 0.1) is 0 Å². The topological polar surface area (TPSA) is 57.6 Å². The minimum absolute atomic E-state index is 0. The summed E-state index contributed by atoms with van der Waals surface area (Å²) in [7, 11) is 0. The number of nitrogens with zero attached hydrogens (tertiary/aromatic N) is 1. The lowest BCUT2D eigenvalue weighted by atomic mass is 10.1. The van der Waals surface area contributed by atoms with Crippen LogP contribution in [0.4, 0.5) is 0 Å². The highest BCUT2D eigenvalue weighted by Crippen LogP contribution is 2.19. The zero-order valence-electron chi connectivity index (χ0n) is 7.52. The zero-order valence-corrected chi connectivity index (χ0v) is 8.34. The smallest absolute Gasteiger partial charge is 0.305 e. The third-order valence-electron chi connectivity index (χ3n) is 2.19. The Labute approximate surface area is 83.3 Å². The summed E-state index contributed by atoms with van der Waals surface area (Å²) in [5.41, 5.74) is 0. The van der Waals surface area contributed by atoms with Crippen LogP contribution in [0.2, 0.25) is 0 Å². The predicted molar refractivity (Wildman–Crippen MR) is 49.9 cm³/mol. The van der Waals surface area contributed by atoms with Gasteiger partial charge in [0.05, 0.1) is 6.42 Å². The number of aliphatic carboxylic acids is 1. The fraction of sp³-hybridized carbons (Fsp3) is 0.750. The van der Waals surface area contributed by atoms with Gasteiger partial charge in [0.2, 0.25) is 5.91 Å². The number of carboxylic acids is 1. The van der Waals surface area contributed by atoms with Crippen molar-refractivity contribution in [2.24, 2.45) is 0 Å². The van der Waals surface area contributed by atoms with E-state index in [2.05, 4.69) is 0 Å². The number of carbonyl (C=O) groups excluding carboxylic acids is 1. The van der Waals surface area contributed by atoms with E-state index in [9.17, 15) is 9.59 Å². The van der Waals surface area contributed by atoms with Gasteiger partial charge in [-0.3, -0.25) is 9.59 Å². The SMILES string of the molecule is CC(=O)N1CCCC1CC(=O)O.Cl. The van der Waals surface area contributed by atoms with Crippen molar-refractivity contribution in [3.63, 3.8) is 0 Å². The first-order valence-electron chi connectivity index (χ1n) is 4.10. The predicted octanol–water partition coefficient (Wildman–Crippen LogP) is 0.894. The summed E-state index contributed by atoms with van der Waals surface area (Å²) in [6.45, 7) is 2.20. The molecule has 1 aliphatic heterocycles. The number of hydrogen-bond donors (Lipinski definition) is 1. The molecule has 1 fully saturated rings. The van der Waals surface area contributed by atoms with Crippen LogP contribution in [0.5, 0.6) is 0 Å². The number of amides is 1. The molecular formula is C8H14ClNO3. The molecule has 1 heterocycles. The van der Waals surface area contributed by atoms with E-state index in [-0.39, 0.29) is 30.8 Å². The average molecular weight is 208 g/mol. The molecule has 4 nitrogen and oxygen atoms in total. The molecule has 0 saturated carbocycles. The molecular weight excluding hydrogens is 194 g/mol. The minimum atomic E-state index is -0.826. The summed E-state index contributed by atoms with van der Waals surface area (Å²) in [5.74, 6) is -0.841. The van der Waals surface area contributed by atoms with Crippen LogP contribution in [0.3, 0.4) is 0 Å². The van der Waals surface area contributed by atoms with Crippen LogP contribution in [-0.2, 0) is 9.59 Å². The van der Waals surface area contributed by atoms with Crippen LogP contribution in [0.15, 0.2) is 0 Å². The van der Waals surface area contributed by atoms with Crippen LogP contribution in [0.1, 0.15) is 26.2 Å². The average Bonchev–Trinajstić information content (AvgIpc) is 2.33. The van der Waals surface area contributed by atoms with Crippen LogP contribution < -0.4 is 0 Å². The van der Waals surface area contributed by atoms with E-state index in [0.717, 1.165) is 12.8 Å². The molecule has 0 radical (unpaired) electrons. The standard InChI is InChI=1S/C8H13NO3.ClH/c1-6(10)9-4-2-3-7(9)5-8(11)12;/h7H,2-5H2,1H3,(H,11,12);1H. The highest BCUT2D eigenvalue weighted by molar-refractivity contribution is 5.85. The van der Waals surface area contributed by atoms with E-state index in [1.807, 2.05) is 0 Å². The first kappa shape index (κ1) is 12.2. The van der Waals surface area contributed by atoms with E-state index in [4.69, 9.17) is 5.11 Å². The van der Waals surface area contributed by atoms with Gasteiger partial charge in [0.15, 0.2) is 0 Å². The van der Waals surface area contributed by atoms with Gasteiger partial charge in [0, 0.05) is 19.5 Å². The fourth-order valence-electron chi connectivity index (χ4n) is 1.66. The van der Waals surface area contributed by atoms with Crippen molar-refractivity contribution in [3.05, 3.63) is 0 Å². The number of likely N-dealkylation sites (tertiary alicyclic amines) is 1. The molecule has 0 aromatic heterocycles. The number of carbonyl (C=O) groups is 2. The first-order chi connectivity index (χ1) is 5.61. The summed E-state index contributed by atoms with van der Waals surface area (Å²) in [5, 5.41) is 8.54. The maximum atomic E-state index is 11.0. The molecule has 5 heteroatoms. The van der Waals surface area contributed by atoms with Crippen molar-refractivity contribution in [1.29, 1.82) is 0 Å². The quantitative estimate of drug-likeness (QED) is 0.732. The largest absolute Gasteiger partial charge is 0.481 e. The van der Waals surface area contributed by atoms with E-state index < -0.39 is 5.97 Å². The Morgan fingerprint density at radius 1 is 1.54 bits per heavy atom. The third-order valence-corrected chi connectivity index (χ3v) is 2.19. The highest BCUT2D eigenvalue weighted by Gasteiger charge is 2.27. The monoisotopic (exact) mass is 207 g/mol. The summed E-state index contributed by atoms with van der Waals surface area (Å²) < 4.78 is 0. The van der Waals surface area contributed by atoms with Gasteiger partial charge in [-0.15, -0.1) is 12.4 Å². The summed E-state index contributed by atoms with van der Waals surface area (Å²) >= 11 is 0. The maximum absolute atomic E-state index is 11.0. The second-order valence-electron chi connectivity index (χ2n) is 3.11. The van der Waals surface area contributed by atoms with Gasteiger partial charge in [-0.05, 0) is 12.8 Å². The molecule has 76 valence electrons. The van der Waals surface area contributed by atoms with Crippen molar-refractivity contribution >= 4 is 24.3 Å². The van der Waals surface area contributed by atoms with E-state index in [0.29, 0.717) is 6.54 Å².